The van der Waals surface area contributed by atoms with Crippen LogP contribution in [0.15, 0.2) is 29.2 Å². The summed E-state index contributed by atoms with van der Waals surface area (Å²) in [5, 5.41) is 10.6. The smallest absolute Gasteiger partial charge is 0.258 e. The standard InChI is InChI=1S/C12H15BrN2O4S/c1-2-12-11(13)7-8-14(12)20(18,19)10-5-3-9(4-6-10)15(16)17/h3-6,11-12H,2,7-8H2,1H3/t11-,12+/m1/s1. The number of halogens is 1. The van der Waals surface area contributed by atoms with E-state index in [1.807, 2.05) is 6.92 Å². The molecule has 2 atom stereocenters. The number of nitrogens with zero attached hydrogens (tertiary/aromatic N) is 2. The van der Waals surface area contributed by atoms with Gasteiger partial charge in [0, 0.05) is 29.5 Å². The molecule has 1 aliphatic rings. The molecule has 0 unspecified atom stereocenters. The second kappa shape index (κ2) is 5.79. The zero-order valence-corrected chi connectivity index (χ0v) is 13.3. The van der Waals surface area contributed by atoms with E-state index in [-0.39, 0.29) is 21.5 Å². The van der Waals surface area contributed by atoms with Gasteiger partial charge in [-0.2, -0.15) is 4.31 Å². The minimum absolute atomic E-state index is 0.0739. The molecule has 1 heterocycles. The van der Waals surface area contributed by atoms with Gasteiger partial charge in [0.25, 0.3) is 5.69 Å². The van der Waals surface area contributed by atoms with Crippen molar-refractivity contribution in [1.82, 2.24) is 4.31 Å². The molecule has 6 nitrogen and oxygen atoms in total. The van der Waals surface area contributed by atoms with Crippen molar-refractivity contribution in [2.24, 2.45) is 0 Å². The summed E-state index contributed by atoms with van der Waals surface area (Å²) in [5.41, 5.74) is -0.115. The second-order valence-electron chi connectivity index (χ2n) is 4.65. The summed E-state index contributed by atoms with van der Waals surface area (Å²) in [6.45, 7) is 2.41. The van der Waals surface area contributed by atoms with Crippen molar-refractivity contribution >= 4 is 31.6 Å². The topological polar surface area (TPSA) is 80.5 Å². The van der Waals surface area contributed by atoms with Gasteiger partial charge in [0.15, 0.2) is 0 Å². The molecule has 2 rings (SSSR count). The lowest BCUT2D eigenvalue weighted by atomic mass is 10.2. The highest BCUT2D eigenvalue weighted by atomic mass is 79.9. The Morgan fingerprint density at radius 2 is 2.00 bits per heavy atom. The fourth-order valence-electron chi connectivity index (χ4n) is 2.42. The molecule has 1 fully saturated rings. The van der Waals surface area contributed by atoms with Gasteiger partial charge in [-0.25, -0.2) is 8.42 Å². The van der Waals surface area contributed by atoms with Crippen LogP contribution in [0.3, 0.4) is 0 Å². The maximum absolute atomic E-state index is 12.6. The average molecular weight is 363 g/mol. The van der Waals surface area contributed by atoms with Crippen LogP contribution < -0.4 is 0 Å². The molecule has 0 N–H and O–H groups in total. The Labute approximate surface area is 126 Å². The van der Waals surface area contributed by atoms with E-state index in [1.54, 1.807) is 0 Å². The molecular weight excluding hydrogens is 348 g/mol. The van der Waals surface area contributed by atoms with Gasteiger partial charge in [-0.3, -0.25) is 10.1 Å². The van der Waals surface area contributed by atoms with Crippen molar-refractivity contribution in [1.29, 1.82) is 0 Å². The number of non-ortho nitro benzene ring substituents is 1. The van der Waals surface area contributed by atoms with Crippen molar-refractivity contribution in [3.8, 4) is 0 Å². The van der Waals surface area contributed by atoms with E-state index in [9.17, 15) is 18.5 Å². The third-order valence-corrected chi connectivity index (χ3v) is 6.49. The molecule has 20 heavy (non-hydrogen) atoms. The van der Waals surface area contributed by atoms with E-state index in [0.29, 0.717) is 6.54 Å². The first-order valence-corrected chi connectivity index (χ1v) is 8.64. The summed E-state index contributed by atoms with van der Waals surface area (Å²) in [6.07, 6.45) is 1.49. The van der Waals surface area contributed by atoms with Crippen molar-refractivity contribution in [2.45, 2.75) is 35.5 Å². The number of benzene rings is 1. The second-order valence-corrected chi connectivity index (χ2v) is 7.71. The molecule has 0 amide bonds. The number of hydrogen-bond donors (Lipinski definition) is 0. The molecule has 0 spiro atoms. The minimum atomic E-state index is -3.59. The van der Waals surface area contributed by atoms with E-state index < -0.39 is 14.9 Å². The molecule has 1 saturated heterocycles. The van der Waals surface area contributed by atoms with Crippen LogP contribution in [0.25, 0.3) is 0 Å². The molecule has 110 valence electrons. The van der Waals surface area contributed by atoms with Crippen LogP contribution in [0.5, 0.6) is 0 Å². The maximum atomic E-state index is 12.6. The van der Waals surface area contributed by atoms with Crippen molar-refractivity contribution in [3.05, 3.63) is 34.4 Å². The monoisotopic (exact) mass is 362 g/mol. The lowest BCUT2D eigenvalue weighted by Gasteiger charge is -2.24. The summed E-state index contributed by atoms with van der Waals surface area (Å²) in [4.78, 5) is 10.3. The molecule has 1 aromatic rings. The Morgan fingerprint density at radius 3 is 2.50 bits per heavy atom. The van der Waals surface area contributed by atoms with Gasteiger partial charge in [0.05, 0.1) is 9.82 Å². The van der Waals surface area contributed by atoms with E-state index in [4.69, 9.17) is 0 Å². The van der Waals surface area contributed by atoms with Crippen LogP contribution in [0.2, 0.25) is 0 Å². The first-order chi connectivity index (χ1) is 9.37. The zero-order chi connectivity index (χ0) is 14.9. The Hall–Kier alpha value is -0.990. The first-order valence-electron chi connectivity index (χ1n) is 6.28. The van der Waals surface area contributed by atoms with Gasteiger partial charge in [-0.15, -0.1) is 0 Å². The summed E-state index contributed by atoms with van der Waals surface area (Å²) in [7, 11) is -3.59. The lowest BCUT2D eigenvalue weighted by Crippen LogP contribution is -2.37. The number of rotatable bonds is 4. The van der Waals surface area contributed by atoms with E-state index in [0.717, 1.165) is 12.8 Å². The Kier molecular flexibility index (Phi) is 4.46. The van der Waals surface area contributed by atoms with Gasteiger partial charge < -0.3 is 0 Å². The predicted molar refractivity (Wildman–Crippen MR) is 78.4 cm³/mol. The maximum Gasteiger partial charge on any atom is 0.269 e. The summed E-state index contributed by atoms with van der Waals surface area (Å²) in [6, 6.07) is 4.95. The van der Waals surface area contributed by atoms with Crippen molar-refractivity contribution < 1.29 is 13.3 Å². The van der Waals surface area contributed by atoms with Crippen molar-refractivity contribution in [2.75, 3.05) is 6.54 Å². The minimum Gasteiger partial charge on any atom is -0.258 e. The fraction of sp³-hybridized carbons (Fsp3) is 0.500. The molecule has 1 aromatic carbocycles. The van der Waals surface area contributed by atoms with E-state index in [1.165, 1.54) is 28.6 Å². The molecular formula is C12H15BrN2O4S. The third-order valence-electron chi connectivity index (χ3n) is 3.49. The summed E-state index contributed by atoms with van der Waals surface area (Å²) < 4.78 is 26.6. The Balaban J connectivity index is 2.33. The van der Waals surface area contributed by atoms with Gasteiger partial charge in [0.2, 0.25) is 10.0 Å². The average Bonchev–Trinajstić information content (AvgIpc) is 2.80. The van der Waals surface area contributed by atoms with Crippen LogP contribution in [0, 0.1) is 10.1 Å². The Bertz CT molecular complexity index is 602. The van der Waals surface area contributed by atoms with Gasteiger partial charge >= 0.3 is 0 Å². The molecule has 0 radical (unpaired) electrons. The Morgan fingerprint density at radius 1 is 1.40 bits per heavy atom. The van der Waals surface area contributed by atoms with Gasteiger partial charge in [-0.1, -0.05) is 22.9 Å². The van der Waals surface area contributed by atoms with E-state index in [2.05, 4.69) is 15.9 Å². The van der Waals surface area contributed by atoms with Crippen molar-refractivity contribution in [3.63, 3.8) is 0 Å². The number of alkyl halides is 1. The highest BCUT2D eigenvalue weighted by Gasteiger charge is 2.39. The fourth-order valence-corrected chi connectivity index (χ4v) is 5.19. The first kappa shape index (κ1) is 15.4. The summed E-state index contributed by atoms with van der Waals surface area (Å²) in [5.74, 6) is 0. The highest BCUT2D eigenvalue weighted by molar-refractivity contribution is 9.09. The van der Waals surface area contributed by atoms with Crippen LogP contribution >= 0.6 is 15.9 Å². The van der Waals surface area contributed by atoms with Crippen LogP contribution in [0.4, 0.5) is 5.69 Å². The van der Waals surface area contributed by atoms with Crippen LogP contribution in [0.1, 0.15) is 19.8 Å². The molecule has 0 aliphatic carbocycles. The summed E-state index contributed by atoms with van der Waals surface area (Å²) >= 11 is 3.51. The molecule has 8 heteroatoms. The lowest BCUT2D eigenvalue weighted by molar-refractivity contribution is -0.384. The highest BCUT2D eigenvalue weighted by Crippen LogP contribution is 2.32. The molecule has 0 aromatic heterocycles. The normalized spacial score (nSPS) is 23.9. The molecule has 1 aliphatic heterocycles. The number of nitro groups is 1. The van der Waals surface area contributed by atoms with Crippen LogP contribution in [-0.4, -0.2) is 35.1 Å². The quantitative estimate of drug-likeness (QED) is 0.468. The van der Waals surface area contributed by atoms with E-state index >= 15 is 0 Å². The van der Waals surface area contributed by atoms with Gasteiger partial charge in [0.1, 0.15) is 0 Å². The molecule has 0 bridgehead atoms. The number of hydrogen-bond acceptors (Lipinski definition) is 4. The number of sulfonamides is 1. The molecule has 0 saturated carbocycles. The predicted octanol–water partition coefficient (Wildman–Crippen LogP) is 2.53. The number of nitro benzene ring substituents is 1. The van der Waals surface area contributed by atoms with Gasteiger partial charge in [-0.05, 0) is 25.0 Å². The zero-order valence-electron chi connectivity index (χ0n) is 10.9. The van der Waals surface area contributed by atoms with Crippen LogP contribution in [-0.2, 0) is 10.0 Å². The third kappa shape index (κ3) is 2.72. The largest absolute Gasteiger partial charge is 0.269 e. The SMILES string of the molecule is CC[C@H]1[C@H](Br)CCN1S(=O)(=O)c1ccc([N+](=O)[O-])cc1.